The Morgan fingerprint density at radius 2 is 2.30 bits per heavy atom. The van der Waals surface area contributed by atoms with Crippen LogP contribution in [0.5, 0.6) is 0 Å². The van der Waals surface area contributed by atoms with Crippen LogP contribution in [-0.4, -0.2) is 37.2 Å². The van der Waals surface area contributed by atoms with E-state index in [9.17, 15) is 4.79 Å². The van der Waals surface area contributed by atoms with Crippen molar-refractivity contribution in [2.45, 2.75) is 32.7 Å². The van der Waals surface area contributed by atoms with E-state index in [0.717, 1.165) is 24.8 Å². The van der Waals surface area contributed by atoms with E-state index in [1.54, 1.807) is 13.2 Å². The Balaban J connectivity index is 1.96. The fraction of sp³-hybridized carbons (Fsp3) is 0.667. The summed E-state index contributed by atoms with van der Waals surface area (Å²) in [5.74, 6) is 1.68. The summed E-state index contributed by atoms with van der Waals surface area (Å²) in [5.41, 5.74) is 0. The van der Waals surface area contributed by atoms with E-state index in [4.69, 9.17) is 9.15 Å². The maximum atomic E-state index is 11.5. The highest BCUT2D eigenvalue weighted by Gasteiger charge is 2.26. The first-order valence-electron chi connectivity index (χ1n) is 7.38. The molecule has 5 heteroatoms. The minimum absolute atomic E-state index is 0.0851. The summed E-state index contributed by atoms with van der Waals surface area (Å²) in [5, 5.41) is 2.82. The molecule has 1 fully saturated rings. The molecule has 0 aromatic carbocycles. The average Bonchev–Trinajstić information content (AvgIpc) is 2.95. The molecule has 1 atom stereocenters. The number of nitrogens with one attached hydrogen (secondary N) is 1. The van der Waals surface area contributed by atoms with Crippen molar-refractivity contribution in [3.8, 4) is 0 Å². The Kier molecular flexibility index (Phi) is 5.47. The van der Waals surface area contributed by atoms with Gasteiger partial charge in [0.25, 0.3) is 0 Å². The van der Waals surface area contributed by atoms with Crippen molar-refractivity contribution in [3.63, 3.8) is 0 Å². The number of carbonyl (C=O) groups excluding carboxylic acids is 1. The lowest BCUT2D eigenvalue weighted by molar-refractivity contribution is 0.113. The molecule has 112 valence electrons. The highest BCUT2D eigenvalue weighted by Crippen LogP contribution is 2.26. The molecule has 0 radical (unpaired) electrons. The zero-order valence-corrected chi connectivity index (χ0v) is 12.3. The molecule has 0 aliphatic carbocycles. The molecule has 1 amide bonds. The number of carbonyl (C=O) groups is 1. The smallest absolute Gasteiger partial charge is 0.407 e. The Morgan fingerprint density at radius 1 is 1.55 bits per heavy atom. The van der Waals surface area contributed by atoms with E-state index in [2.05, 4.69) is 17.1 Å². The molecule has 1 aromatic heterocycles. The molecule has 1 saturated heterocycles. The number of ether oxygens (including phenoxy) is 1. The van der Waals surface area contributed by atoms with Crippen LogP contribution in [-0.2, 0) is 4.74 Å². The quantitative estimate of drug-likeness (QED) is 0.901. The van der Waals surface area contributed by atoms with Crippen LogP contribution < -0.4 is 5.32 Å². The summed E-state index contributed by atoms with van der Waals surface area (Å²) in [4.78, 5) is 13.8. The van der Waals surface area contributed by atoms with Crippen LogP contribution in [0.25, 0.3) is 0 Å². The zero-order chi connectivity index (χ0) is 14.4. The molecule has 1 aromatic rings. The van der Waals surface area contributed by atoms with E-state index in [1.165, 1.54) is 12.8 Å². The Hall–Kier alpha value is -1.49. The second-order valence-corrected chi connectivity index (χ2v) is 5.35. The van der Waals surface area contributed by atoms with Gasteiger partial charge < -0.3 is 14.5 Å². The predicted octanol–water partition coefficient (Wildman–Crippen LogP) is 2.80. The predicted molar refractivity (Wildman–Crippen MR) is 76.4 cm³/mol. The van der Waals surface area contributed by atoms with Gasteiger partial charge >= 0.3 is 6.09 Å². The van der Waals surface area contributed by atoms with E-state index in [-0.39, 0.29) is 12.1 Å². The molecule has 1 aliphatic heterocycles. The summed E-state index contributed by atoms with van der Waals surface area (Å²) in [6, 6.07) is 3.94. The standard InChI is InChI=1S/C15H24N2O3/c1-3-19-15(18)16-11-13(14-5-4-10-20-14)17-8-6-12(2)7-9-17/h4-5,10,12-13H,3,6-9,11H2,1-2H3,(H,16,18). The third-order valence-corrected chi connectivity index (χ3v) is 3.85. The number of alkyl carbamates (subject to hydrolysis) is 1. The van der Waals surface area contributed by atoms with E-state index < -0.39 is 0 Å². The van der Waals surface area contributed by atoms with Crippen molar-refractivity contribution >= 4 is 6.09 Å². The first-order chi connectivity index (χ1) is 9.70. The van der Waals surface area contributed by atoms with E-state index in [1.807, 2.05) is 12.1 Å². The molecule has 1 aliphatic rings. The molecule has 0 spiro atoms. The van der Waals surface area contributed by atoms with Crippen molar-refractivity contribution in [2.24, 2.45) is 5.92 Å². The van der Waals surface area contributed by atoms with Crippen molar-refractivity contribution in [2.75, 3.05) is 26.2 Å². The molecule has 0 saturated carbocycles. The largest absolute Gasteiger partial charge is 0.468 e. The lowest BCUT2D eigenvalue weighted by atomic mass is 9.97. The van der Waals surface area contributed by atoms with Gasteiger partial charge in [-0.05, 0) is 50.9 Å². The van der Waals surface area contributed by atoms with Crippen molar-refractivity contribution in [1.82, 2.24) is 10.2 Å². The van der Waals surface area contributed by atoms with Gasteiger partial charge in [0.05, 0.1) is 18.9 Å². The van der Waals surface area contributed by atoms with E-state index >= 15 is 0 Å². The van der Waals surface area contributed by atoms with Crippen LogP contribution in [0.2, 0.25) is 0 Å². The second kappa shape index (κ2) is 7.33. The van der Waals surface area contributed by atoms with Crippen molar-refractivity contribution in [1.29, 1.82) is 0 Å². The number of piperidine rings is 1. The number of nitrogens with zero attached hydrogens (tertiary/aromatic N) is 1. The van der Waals surface area contributed by atoms with Gasteiger partial charge in [0.15, 0.2) is 0 Å². The third-order valence-electron chi connectivity index (χ3n) is 3.85. The van der Waals surface area contributed by atoms with Crippen molar-refractivity contribution < 1.29 is 13.9 Å². The van der Waals surface area contributed by atoms with Crippen LogP contribution >= 0.6 is 0 Å². The van der Waals surface area contributed by atoms with Crippen LogP contribution in [0.3, 0.4) is 0 Å². The van der Waals surface area contributed by atoms with Gasteiger partial charge in [-0.25, -0.2) is 4.79 Å². The SMILES string of the molecule is CCOC(=O)NCC(c1ccco1)N1CCC(C)CC1. The van der Waals surface area contributed by atoms with Gasteiger partial charge in [0, 0.05) is 6.54 Å². The lowest BCUT2D eigenvalue weighted by Gasteiger charge is -2.35. The number of likely N-dealkylation sites (tertiary alicyclic amines) is 1. The summed E-state index contributed by atoms with van der Waals surface area (Å²) >= 11 is 0. The number of hydrogen-bond donors (Lipinski definition) is 1. The maximum absolute atomic E-state index is 11.5. The van der Waals surface area contributed by atoms with Crippen LogP contribution in [0.4, 0.5) is 4.79 Å². The van der Waals surface area contributed by atoms with Gasteiger partial charge in [0.2, 0.25) is 0 Å². The third kappa shape index (κ3) is 4.00. The molecular weight excluding hydrogens is 256 g/mol. The summed E-state index contributed by atoms with van der Waals surface area (Å²) in [7, 11) is 0. The lowest BCUT2D eigenvalue weighted by Crippen LogP contribution is -2.41. The summed E-state index contributed by atoms with van der Waals surface area (Å²) in [6.07, 6.45) is 3.70. The second-order valence-electron chi connectivity index (χ2n) is 5.35. The zero-order valence-electron chi connectivity index (χ0n) is 12.3. The van der Waals surface area contributed by atoms with Gasteiger partial charge in [-0.3, -0.25) is 4.90 Å². The van der Waals surface area contributed by atoms with Gasteiger partial charge in [-0.2, -0.15) is 0 Å². The molecule has 5 nitrogen and oxygen atoms in total. The van der Waals surface area contributed by atoms with Crippen molar-refractivity contribution in [3.05, 3.63) is 24.2 Å². The highest BCUT2D eigenvalue weighted by molar-refractivity contribution is 5.67. The number of rotatable bonds is 5. The Morgan fingerprint density at radius 3 is 2.90 bits per heavy atom. The molecule has 2 rings (SSSR count). The first-order valence-corrected chi connectivity index (χ1v) is 7.38. The van der Waals surface area contributed by atoms with E-state index in [0.29, 0.717) is 13.2 Å². The molecule has 20 heavy (non-hydrogen) atoms. The number of furan rings is 1. The Bertz CT molecular complexity index is 397. The normalized spacial score (nSPS) is 18.7. The minimum atomic E-state index is -0.366. The topological polar surface area (TPSA) is 54.7 Å². The van der Waals surface area contributed by atoms with Crippen LogP contribution in [0, 0.1) is 5.92 Å². The van der Waals surface area contributed by atoms with Gasteiger partial charge in [0.1, 0.15) is 5.76 Å². The monoisotopic (exact) mass is 280 g/mol. The Labute approximate surface area is 120 Å². The van der Waals surface area contributed by atoms with Crippen LogP contribution in [0.15, 0.2) is 22.8 Å². The molecule has 2 heterocycles. The summed E-state index contributed by atoms with van der Waals surface area (Å²) < 4.78 is 10.4. The van der Waals surface area contributed by atoms with Gasteiger partial charge in [-0.15, -0.1) is 0 Å². The average molecular weight is 280 g/mol. The first kappa shape index (κ1) is 14.9. The van der Waals surface area contributed by atoms with Crippen LogP contribution in [0.1, 0.15) is 38.5 Å². The number of amides is 1. The molecular formula is C15H24N2O3. The minimum Gasteiger partial charge on any atom is -0.468 e. The molecule has 0 bridgehead atoms. The fourth-order valence-corrected chi connectivity index (χ4v) is 2.59. The molecule has 1 N–H and O–H groups in total. The maximum Gasteiger partial charge on any atom is 0.407 e. The summed E-state index contributed by atoms with van der Waals surface area (Å²) in [6.45, 7) is 7.07. The highest BCUT2D eigenvalue weighted by atomic mass is 16.5. The van der Waals surface area contributed by atoms with Gasteiger partial charge in [-0.1, -0.05) is 6.92 Å². The molecule has 1 unspecified atom stereocenters. The number of hydrogen-bond acceptors (Lipinski definition) is 4. The fourth-order valence-electron chi connectivity index (χ4n) is 2.59.